The van der Waals surface area contributed by atoms with Gasteiger partial charge in [0.1, 0.15) is 7.85 Å². The van der Waals surface area contributed by atoms with Crippen molar-refractivity contribution in [3.05, 3.63) is 0 Å². The summed E-state index contributed by atoms with van der Waals surface area (Å²) in [5, 5.41) is 0. The van der Waals surface area contributed by atoms with Crippen LogP contribution in [0.1, 0.15) is 32.1 Å². The van der Waals surface area contributed by atoms with E-state index in [0.29, 0.717) is 5.44 Å². The average Bonchev–Trinajstić information content (AvgIpc) is 1.89. The zero-order valence-electron chi connectivity index (χ0n) is 7.48. The SMILES string of the molecule is BC1(N(C)C)CCCCC1. The van der Waals surface area contributed by atoms with E-state index in [9.17, 15) is 0 Å². The van der Waals surface area contributed by atoms with E-state index in [0.717, 1.165) is 0 Å². The molecule has 0 bridgehead atoms. The van der Waals surface area contributed by atoms with E-state index in [1.807, 2.05) is 0 Å². The van der Waals surface area contributed by atoms with Gasteiger partial charge in [-0.2, -0.15) is 0 Å². The number of rotatable bonds is 1. The minimum Gasteiger partial charge on any atom is -0.312 e. The van der Waals surface area contributed by atoms with E-state index >= 15 is 0 Å². The Labute approximate surface area is 65.2 Å². The standard InChI is InChI=1S/C8H18BN/c1-10(2)8(9)6-4-3-5-7-8/h3-7,9H2,1-2H3. The molecule has 1 aliphatic carbocycles. The van der Waals surface area contributed by atoms with Gasteiger partial charge >= 0.3 is 0 Å². The lowest BCUT2D eigenvalue weighted by Gasteiger charge is -2.40. The van der Waals surface area contributed by atoms with Crippen molar-refractivity contribution >= 4 is 7.85 Å². The highest BCUT2D eigenvalue weighted by Gasteiger charge is 2.28. The van der Waals surface area contributed by atoms with Crippen molar-refractivity contribution < 1.29 is 0 Å². The summed E-state index contributed by atoms with van der Waals surface area (Å²) in [6.45, 7) is 0. The summed E-state index contributed by atoms with van der Waals surface area (Å²) in [7, 11) is 6.78. The first kappa shape index (κ1) is 8.12. The van der Waals surface area contributed by atoms with Crippen LogP contribution >= 0.6 is 0 Å². The van der Waals surface area contributed by atoms with Crippen LogP contribution in [0.5, 0.6) is 0 Å². The Morgan fingerprint density at radius 2 is 1.60 bits per heavy atom. The number of nitrogens with zero attached hydrogens (tertiary/aromatic N) is 1. The molecular formula is C8H18BN. The van der Waals surface area contributed by atoms with E-state index in [1.165, 1.54) is 32.1 Å². The minimum absolute atomic E-state index is 0.512. The van der Waals surface area contributed by atoms with Gasteiger partial charge in [0.15, 0.2) is 0 Å². The molecule has 0 radical (unpaired) electrons. The molecule has 0 aromatic rings. The molecule has 10 heavy (non-hydrogen) atoms. The van der Waals surface area contributed by atoms with Crippen molar-refractivity contribution in [2.75, 3.05) is 14.1 Å². The first-order chi connectivity index (χ1) is 4.65. The Morgan fingerprint density at radius 1 is 1.10 bits per heavy atom. The Morgan fingerprint density at radius 3 is 1.90 bits per heavy atom. The normalized spacial score (nSPS) is 25.1. The predicted octanol–water partition coefficient (Wildman–Crippen LogP) is 0.841. The summed E-state index contributed by atoms with van der Waals surface area (Å²) in [6, 6.07) is 0. The van der Waals surface area contributed by atoms with Gasteiger partial charge in [0.2, 0.25) is 0 Å². The lowest BCUT2D eigenvalue weighted by molar-refractivity contribution is 0.186. The highest BCUT2D eigenvalue weighted by Crippen LogP contribution is 2.28. The van der Waals surface area contributed by atoms with Gasteiger partial charge in [-0.1, -0.05) is 19.3 Å². The van der Waals surface area contributed by atoms with Crippen LogP contribution in [0.15, 0.2) is 0 Å². The first-order valence-corrected chi connectivity index (χ1v) is 4.33. The summed E-state index contributed by atoms with van der Waals surface area (Å²) in [4.78, 5) is 2.38. The molecular weight excluding hydrogens is 121 g/mol. The van der Waals surface area contributed by atoms with Crippen molar-refractivity contribution in [2.45, 2.75) is 37.5 Å². The van der Waals surface area contributed by atoms with Crippen LogP contribution in [0.3, 0.4) is 0 Å². The smallest absolute Gasteiger partial charge is 0.127 e. The van der Waals surface area contributed by atoms with Gasteiger partial charge in [-0.05, 0) is 32.4 Å². The van der Waals surface area contributed by atoms with E-state index in [1.54, 1.807) is 0 Å². The Balaban J connectivity index is 2.48. The summed E-state index contributed by atoms with van der Waals surface area (Å²) in [5.74, 6) is 0. The van der Waals surface area contributed by atoms with E-state index in [4.69, 9.17) is 0 Å². The van der Waals surface area contributed by atoms with E-state index in [-0.39, 0.29) is 0 Å². The lowest BCUT2D eigenvalue weighted by Crippen LogP contribution is -2.46. The Kier molecular flexibility index (Phi) is 2.40. The zero-order valence-corrected chi connectivity index (χ0v) is 7.48. The average molecular weight is 139 g/mol. The minimum atomic E-state index is 0.512. The van der Waals surface area contributed by atoms with Crippen molar-refractivity contribution in [1.29, 1.82) is 0 Å². The molecule has 0 spiro atoms. The van der Waals surface area contributed by atoms with Crippen molar-refractivity contribution in [3.63, 3.8) is 0 Å². The maximum absolute atomic E-state index is 2.38. The monoisotopic (exact) mass is 139 g/mol. The molecule has 1 rings (SSSR count). The van der Waals surface area contributed by atoms with Crippen molar-refractivity contribution in [3.8, 4) is 0 Å². The van der Waals surface area contributed by atoms with Crippen molar-refractivity contribution in [2.24, 2.45) is 0 Å². The zero-order chi connectivity index (χ0) is 7.61. The molecule has 0 aromatic carbocycles. The fraction of sp³-hybridized carbons (Fsp3) is 1.00. The van der Waals surface area contributed by atoms with E-state index < -0.39 is 0 Å². The van der Waals surface area contributed by atoms with Gasteiger partial charge in [-0.3, -0.25) is 0 Å². The summed E-state index contributed by atoms with van der Waals surface area (Å²) < 4.78 is 0. The highest BCUT2D eigenvalue weighted by atomic mass is 15.1. The van der Waals surface area contributed by atoms with E-state index in [2.05, 4.69) is 26.8 Å². The predicted molar refractivity (Wildman–Crippen MR) is 48.0 cm³/mol. The third-order valence-corrected chi connectivity index (χ3v) is 3.01. The molecule has 1 saturated carbocycles. The third-order valence-electron chi connectivity index (χ3n) is 3.01. The molecule has 0 N–H and O–H groups in total. The molecule has 1 aliphatic rings. The van der Waals surface area contributed by atoms with Crippen LogP contribution in [0.2, 0.25) is 0 Å². The first-order valence-electron chi connectivity index (χ1n) is 4.33. The maximum atomic E-state index is 2.38. The fourth-order valence-corrected chi connectivity index (χ4v) is 1.76. The van der Waals surface area contributed by atoms with Crippen LogP contribution < -0.4 is 0 Å². The molecule has 0 atom stereocenters. The summed E-state index contributed by atoms with van der Waals surface area (Å²) >= 11 is 0. The van der Waals surface area contributed by atoms with Crippen LogP contribution in [-0.2, 0) is 0 Å². The van der Waals surface area contributed by atoms with Crippen LogP contribution in [0, 0.1) is 0 Å². The van der Waals surface area contributed by atoms with Crippen LogP contribution in [0.25, 0.3) is 0 Å². The Hall–Kier alpha value is 0.0249. The maximum Gasteiger partial charge on any atom is 0.127 e. The summed E-state index contributed by atoms with van der Waals surface area (Å²) in [6.07, 6.45) is 7.08. The Bertz CT molecular complexity index is 106. The quantitative estimate of drug-likeness (QED) is 0.486. The second kappa shape index (κ2) is 2.95. The highest BCUT2D eigenvalue weighted by molar-refractivity contribution is 6.15. The molecule has 0 amide bonds. The molecule has 1 fully saturated rings. The topological polar surface area (TPSA) is 3.24 Å². The second-order valence-corrected chi connectivity index (χ2v) is 3.95. The van der Waals surface area contributed by atoms with Gasteiger partial charge in [-0.15, -0.1) is 0 Å². The van der Waals surface area contributed by atoms with Crippen LogP contribution in [0.4, 0.5) is 0 Å². The molecule has 2 heteroatoms. The molecule has 0 aromatic heterocycles. The third kappa shape index (κ3) is 1.54. The number of hydrogen-bond donors (Lipinski definition) is 0. The van der Waals surface area contributed by atoms with Crippen LogP contribution in [-0.4, -0.2) is 32.3 Å². The molecule has 0 unspecified atom stereocenters. The van der Waals surface area contributed by atoms with Crippen molar-refractivity contribution in [1.82, 2.24) is 4.90 Å². The molecule has 0 saturated heterocycles. The summed E-state index contributed by atoms with van der Waals surface area (Å²) in [5.41, 5.74) is 0.512. The lowest BCUT2D eigenvalue weighted by atomic mass is 9.66. The van der Waals surface area contributed by atoms with Gasteiger partial charge in [-0.25, -0.2) is 0 Å². The molecule has 58 valence electrons. The number of hydrogen-bond acceptors (Lipinski definition) is 1. The largest absolute Gasteiger partial charge is 0.312 e. The fourth-order valence-electron chi connectivity index (χ4n) is 1.76. The van der Waals surface area contributed by atoms with Gasteiger partial charge < -0.3 is 4.90 Å². The van der Waals surface area contributed by atoms with Gasteiger partial charge in [0.05, 0.1) is 0 Å². The second-order valence-electron chi connectivity index (χ2n) is 3.95. The molecule has 1 nitrogen and oxygen atoms in total. The molecule has 0 aliphatic heterocycles. The van der Waals surface area contributed by atoms with Gasteiger partial charge in [0, 0.05) is 0 Å². The molecule has 0 heterocycles. The van der Waals surface area contributed by atoms with Gasteiger partial charge in [0.25, 0.3) is 0 Å².